The molecule has 5 nitrogen and oxygen atoms in total. The Labute approximate surface area is 178 Å². The number of fused-ring (bicyclic) bond motifs is 1. The van der Waals surface area contributed by atoms with Crippen LogP contribution >= 0.6 is 11.6 Å². The topological polar surface area (TPSA) is 66.5 Å². The van der Waals surface area contributed by atoms with Gasteiger partial charge in [-0.25, -0.2) is 8.42 Å². The number of hydrogen-bond acceptors (Lipinski definition) is 3. The third-order valence-corrected chi connectivity index (χ3v) is 6.97. The maximum absolute atomic E-state index is 12.5. The van der Waals surface area contributed by atoms with Crippen molar-refractivity contribution < 1.29 is 13.2 Å². The molecular formula is C22H27ClN2O3S. The van der Waals surface area contributed by atoms with Gasteiger partial charge in [-0.1, -0.05) is 41.9 Å². The van der Waals surface area contributed by atoms with E-state index in [1.807, 2.05) is 12.1 Å². The van der Waals surface area contributed by atoms with Crippen LogP contribution in [0.4, 0.5) is 5.69 Å². The first kappa shape index (κ1) is 21.7. The van der Waals surface area contributed by atoms with Crippen LogP contribution in [0.5, 0.6) is 0 Å². The van der Waals surface area contributed by atoms with Gasteiger partial charge in [-0.2, -0.15) is 0 Å². The fourth-order valence-corrected chi connectivity index (χ4v) is 5.07. The first-order valence-corrected chi connectivity index (χ1v) is 12.1. The Balaban J connectivity index is 1.62. The van der Waals surface area contributed by atoms with Gasteiger partial charge in [0.25, 0.3) is 0 Å². The van der Waals surface area contributed by atoms with E-state index in [0.29, 0.717) is 22.7 Å². The molecule has 2 aromatic rings. The molecule has 1 atom stereocenters. The van der Waals surface area contributed by atoms with Crippen molar-refractivity contribution in [1.29, 1.82) is 0 Å². The first-order valence-electron chi connectivity index (χ1n) is 9.87. The molecule has 1 amide bonds. The fraction of sp³-hybridized carbons (Fsp3) is 0.409. The van der Waals surface area contributed by atoms with Gasteiger partial charge in [0.15, 0.2) is 0 Å². The van der Waals surface area contributed by atoms with Crippen molar-refractivity contribution in [3.05, 3.63) is 64.2 Å². The number of carbonyl (C=O) groups excluding carboxylic acids is 1. The molecule has 156 valence electrons. The molecule has 0 aliphatic heterocycles. The van der Waals surface area contributed by atoms with Gasteiger partial charge in [-0.15, -0.1) is 0 Å². The third kappa shape index (κ3) is 5.31. The van der Waals surface area contributed by atoms with E-state index in [0.717, 1.165) is 19.3 Å². The molecule has 29 heavy (non-hydrogen) atoms. The monoisotopic (exact) mass is 434 g/mol. The normalized spacial score (nSPS) is 16.2. The van der Waals surface area contributed by atoms with Crippen molar-refractivity contribution in [1.82, 2.24) is 5.32 Å². The summed E-state index contributed by atoms with van der Waals surface area (Å²) in [6.07, 6.45) is 4.90. The lowest BCUT2D eigenvalue weighted by atomic mass is 9.87. The number of nitrogens with zero attached hydrogens (tertiary/aromatic N) is 1. The Morgan fingerprint density at radius 3 is 2.72 bits per heavy atom. The standard InChI is InChI=1S/C22H27ClN2O3S/c1-16-19(23)11-6-13-21(16)25(29(2,27)28)15-7-14-22(26)24-20-12-5-9-17-8-3-4-10-18(17)20/h3-4,6,8,10-11,13,20H,5,7,9,12,14-15H2,1-2H3,(H,24,26)/t20-/m0/s1. The second kappa shape index (κ2) is 9.18. The van der Waals surface area contributed by atoms with Crippen molar-refractivity contribution in [2.75, 3.05) is 17.1 Å². The smallest absolute Gasteiger partial charge is 0.232 e. The number of rotatable bonds is 7. The number of carbonyl (C=O) groups is 1. The number of halogens is 1. The van der Waals surface area contributed by atoms with Crippen LogP contribution in [0.3, 0.4) is 0 Å². The Morgan fingerprint density at radius 2 is 1.97 bits per heavy atom. The van der Waals surface area contributed by atoms with Gasteiger partial charge < -0.3 is 5.32 Å². The molecule has 7 heteroatoms. The average Bonchev–Trinajstić information content (AvgIpc) is 2.67. The second-order valence-electron chi connectivity index (χ2n) is 7.53. The summed E-state index contributed by atoms with van der Waals surface area (Å²) in [5.74, 6) is -0.0528. The SMILES string of the molecule is Cc1c(Cl)cccc1N(CCCC(=O)N[C@H]1CCCc2ccccc21)S(C)(=O)=O. The highest BCUT2D eigenvalue weighted by molar-refractivity contribution is 7.92. The summed E-state index contributed by atoms with van der Waals surface area (Å²) in [7, 11) is -3.48. The van der Waals surface area contributed by atoms with Gasteiger partial charge >= 0.3 is 0 Å². The van der Waals surface area contributed by atoms with Crippen molar-refractivity contribution in [2.45, 2.75) is 45.1 Å². The summed E-state index contributed by atoms with van der Waals surface area (Å²) in [4.78, 5) is 12.5. The van der Waals surface area contributed by atoms with Crippen LogP contribution in [-0.2, 0) is 21.2 Å². The Morgan fingerprint density at radius 1 is 1.21 bits per heavy atom. The zero-order valence-corrected chi connectivity index (χ0v) is 18.4. The summed E-state index contributed by atoms with van der Waals surface area (Å²) in [5.41, 5.74) is 3.76. The van der Waals surface area contributed by atoms with Crippen molar-refractivity contribution in [3.8, 4) is 0 Å². The number of hydrogen-bond donors (Lipinski definition) is 1. The fourth-order valence-electron chi connectivity index (χ4n) is 3.88. The summed E-state index contributed by atoms with van der Waals surface area (Å²) < 4.78 is 25.9. The van der Waals surface area contributed by atoms with E-state index in [1.165, 1.54) is 21.7 Å². The lowest BCUT2D eigenvalue weighted by Gasteiger charge is -2.27. The molecule has 0 radical (unpaired) electrons. The first-order chi connectivity index (χ1) is 13.8. The number of anilines is 1. The number of sulfonamides is 1. The van der Waals surface area contributed by atoms with E-state index in [1.54, 1.807) is 25.1 Å². The molecule has 0 fully saturated rings. The molecule has 2 aromatic carbocycles. The molecule has 0 saturated carbocycles. The summed E-state index contributed by atoms with van der Waals surface area (Å²) in [6, 6.07) is 13.5. The van der Waals surface area contributed by atoms with E-state index in [4.69, 9.17) is 11.6 Å². The quantitative estimate of drug-likeness (QED) is 0.702. The molecule has 1 aliphatic carbocycles. The zero-order chi connectivity index (χ0) is 21.0. The Hall–Kier alpha value is -2.05. The second-order valence-corrected chi connectivity index (χ2v) is 9.85. The van der Waals surface area contributed by atoms with Crippen LogP contribution in [-0.4, -0.2) is 27.1 Å². The van der Waals surface area contributed by atoms with Crippen LogP contribution in [0.1, 0.15) is 48.4 Å². The van der Waals surface area contributed by atoms with Crippen LogP contribution < -0.4 is 9.62 Å². The lowest BCUT2D eigenvalue weighted by molar-refractivity contribution is -0.122. The average molecular weight is 435 g/mol. The van der Waals surface area contributed by atoms with Gasteiger partial charge in [0, 0.05) is 18.0 Å². The van der Waals surface area contributed by atoms with Crippen molar-refractivity contribution >= 4 is 33.2 Å². The minimum absolute atomic E-state index is 0.0358. The molecule has 0 aromatic heterocycles. The molecule has 3 rings (SSSR count). The van der Waals surface area contributed by atoms with E-state index in [9.17, 15) is 13.2 Å². The predicted octanol–water partition coefficient (Wildman–Crippen LogP) is 4.39. The molecular weight excluding hydrogens is 408 g/mol. The molecule has 0 saturated heterocycles. The lowest BCUT2D eigenvalue weighted by Crippen LogP contribution is -2.34. The molecule has 0 heterocycles. The minimum atomic E-state index is -3.48. The van der Waals surface area contributed by atoms with Gasteiger partial charge in [0.05, 0.1) is 18.0 Å². The highest BCUT2D eigenvalue weighted by atomic mass is 35.5. The summed E-state index contributed by atoms with van der Waals surface area (Å²) in [5, 5.41) is 3.64. The largest absolute Gasteiger partial charge is 0.349 e. The predicted molar refractivity (Wildman–Crippen MR) is 118 cm³/mol. The molecule has 1 aliphatic rings. The molecule has 0 unspecified atom stereocenters. The van der Waals surface area contributed by atoms with E-state index >= 15 is 0 Å². The van der Waals surface area contributed by atoms with Crippen LogP contribution in [0.15, 0.2) is 42.5 Å². The van der Waals surface area contributed by atoms with Gasteiger partial charge in [0.2, 0.25) is 15.9 Å². The van der Waals surface area contributed by atoms with Crippen molar-refractivity contribution in [2.24, 2.45) is 0 Å². The van der Waals surface area contributed by atoms with Crippen LogP contribution in [0.2, 0.25) is 5.02 Å². The Kier molecular flexibility index (Phi) is 6.85. The van der Waals surface area contributed by atoms with Crippen LogP contribution in [0.25, 0.3) is 0 Å². The molecule has 1 N–H and O–H groups in total. The van der Waals surface area contributed by atoms with Gasteiger partial charge in [0.1, 0.15) is 0 Å². The zero-order valence-electron chi connectivity index (χ0n) is 16.8. The van der Waals surface area contributed by atoms with Crippen molar-refractivity contribution in [3.63, 3.8) is 0 Å². The van der Waals surface area contributed by atoms with Gasteiger partial charge in [-0.05, 0) is 61.4 Å². The summed E-state index contributed by atoms with van der Waals surface area (Å²) in [6.45, 7) is 2.03. The maximum Gasteiger partial charge on any atom is 0.232 e. The van der Waals surface area contributed by atoms with E-state index in [-0.39, 0.29) is 24.9 Å². The molecule has 0 bridgehead atoms. The Bertz CT molecular complexity index is 991. The highest BCUT2D eigenvalue weighted by Crippen LogP contribution is 2.30. The number of amides is 1. The van der Waals surface area contributed by atoms with E-state index < -0.39 is 10.0 Å². The summed E-state index contributed by atoms with van der Waals surface area (Å²) >= 11 is 6.16. The minimum Gasteiger partial charge on any atom is -0.349 e. The molecule has 0 spiro atoms. The third-order valence-electron chi connectivity index (χ3n) is 5.38. The number of nitrogens with one attached hydrogen (secondary N) is 1. The van der Waals surface area contributed by atoms with Crippen LogP contribution in [0, 0.1) is 6.92 Å². The highest BCUT2D eigenvalue weighted by Gasteiger charge is 2.23. The van der Waals surface area contributed by atoms with E-state index in [2.05, 4.69) is 17.4 Å². The number of aryl methyl sites for hydroxylation is 1. The number of benzene rings is 2. The maximum atomic E-state index is 12.5. The van der Waals surface area contributed by atoms with Gasteiger partial charge in [-0.3, -0.25) is 9.10 Å².